The number of anilines is 1. The van der Waals surface area contributed by atoms with Gasteiger partial charge in [0.2, 0.25) is 0 Å². The Hall–Kier alpha value is -0.340. The minimum absolute atomic E-state index is 0.725. The van der Waals surface area contributed by atoms with E-state index in [-0.39, 0.29) is 0 Å². The van der Waals surface area contributed by atoms with Crippen molar-refractivity contribution in [2.75, 3.05) is 5.73 Å². The predicted octanol–water partition coefficient (Wildman–Crippen LogP) is 4.98. The van der Waals surface area contributed by atoms with Crippen LogP contribution in [0.3, 0.4) is 0 Å². The van der Waals surface area contributed by atoms with Gasteiger partial charge in [0.05, 0.1) is 0 Å². The molecule has 0 bridgehead atoms. The average molecular weight is 270 g/mol. The van der Waals surface area contributed by atoms with Crippen molar-refractivity contribution in [1.82, 2.24) is 0 Å². The van der Waals surface area contributed by atoms with Crippen molar-refractivity contribution in [3.05, 3.63) is 23.2 Å². The number of thioether (sulfide) groups is 1. The highest BCUT2D eigenvalue weighted by Gasteiger charge is 2.24. The first kappa shape index (κ1) is 13.1. The van der Waals surface area contributed by atoms with E-state index in [1.54, 1.807) is 0 Å². The third-order valence-corrected chi connectivity index (χ3v) is 5.40. The molecule has 0 amide bonds. The number of halogens is 1. The zero-order valence-electron chi connectivity index (χ0n) is 10.3. The molecule has 2 N–H and O–H groups in total. The van der Waals surface area contributed by atoms with Gasteiger partial charge >= 0.3 is 0 Å². The molecule has 0 heterocycles. The second-order valence-electron chi connectivity index (χ2n) is 4.79. The zero-order valence-corrected chi connectivity index (χ0v) is 11.9. The highest BCUT2D eigenvalue weighted by Crippen LogP contribution is 2.41. The summed E-state index contributed by atoms with van der Waals surface area (Å²) in [5.41, 5.74) is 6.84. The Kier molecular flexibility index (Phi) is 4.63. The lowest BCUT2D eigenvalue weighted by Crippen LogP contribution is -2.21. The van der Waals surface area contributed by atoms with Crippen molar-refractivity contribution in [2.24, 2.45) is 5.92 Å². The number of hydrogen-bond acceptors (Lipinski definition) is 2. The van der Waals surface area contributed by atoms with Gasteiger partial charge in [0.25, 0.3) is 0 Å². The molecule has 1 aliphatic carbocycles. The van der Waals surface area contributed by atoms with E-state index in [0.29, 0.717) is 0 Å². The number of nitrogens with two attached hydrogens (primary N) is 1. The van der Waals surface area contributed by atoms with E-state index >= 15 is 0 Å². The maximum Gasteiger partial charge on any atom is 0.0467 e. The molecule has 1 aromatic carbocycles. The van der Waals surface area contributed by atoms with Crippen LogP contribution in [-0.2, 0) is 0 Å². The molecule has 94 valence electrons. The maximum absolute atomic E-state index is 6.02. The lowest BCUT2D eigenvalue weighted by atomic mass is 9.87. The number of benzene rings is 1. The largest absolute Gasteiger partial charge is 0.398 e. The van der Waals surface area contributed by atoms with Crippen LogP contribution < -0.4 is 5.73 Å². The van der Waals surface area contributed by atoms with Gasteiger partial charge in [0.15, 0.2) is 0 Å². The molecule has 0 aliphatic heterocycles. The van der Waals surface area contributed by atoms with E-state index in [4.69, 9.17) is 17.3 Å². The Morgan fingerprint density at radius 3 is 2.82 bits per heavy atom. The lowest BCUT2D eigenvalue weighted by molar-refractivity contribution is 0.361. The molecule has 17 heavy (non-hydrogen) atoms. The van der Waals surface area contributed by atoms with Gasteiger partial charge in [0.1, 0.15) is 0 Å². The summed E-state index contributed by atoms with van der Waals surface area (Å²) in [7, 11) is 0. The molecular weight excluding hydrogens is 250 g/mol. The van der Waals surface area contributed by atoms with Gasteiger partial charge in [-0.05, 0) is 37.0 Å². The van der Waals surface area contributed by atoms with E-state index < -0.39 is 0 Å². The van der Waals surface area contributed by atoms with Crippen molar-refractivity contribution in [3.8, 4) is 0 Å². The molecule has 1 fully saturated rings. The SMILES string of the molecule is CCC1CCCCC1Sc1ccc(Cl)cc1N. The van der Waals surface area contributed by atoms with Crippen LogP contribution in [0.5, 0.6) is 0 Å². The first-order valence-corrected chi connectivity index (χ1v) is 7.68. The van der Waals surface area contributed by atoms with Crippen LogP contribution in [0.2, 0.25) is 5.02 Å². The Morgan fingerprint density at radius 2 is 2.12 bits per heavy atom. The van der Waals surface area contributed by atoms with E-state index in [9.17, 15) is 0 Å². The second-order valence-corrected chi connectivity index (χ2v) is 6.51. The molecule has 0 aromatic heterocycles. The van der Waals surface area contributed by atoms with Crippen LogP contribution >= 0.6 is 23.4 Å². The predicted molar refractivity (Wildman–Crippen MR) is 77.8 cm³/mol. The second kappa shape index (κ2) is 6.01. The minimum Gasteiger partial charge on any atom is -0.398 e. The van der Waals surface area contributed by atoms with Gasteiger partial charge in [-0.3, -0.25) is 0 Å². The Bertz CT molecular complexity index is 380. The summed E-state index contributed by atoms with van der Waals surface area (Å²) < 4.78 is 0. The summed E-state index contributed by atoms with van der Waals surface area (Å²) in [4.78, 5) is 1.19. The van der Waals surface area contributed by atoms with Crippen LogP contribution in [0, 0.1) is 5.92 Å². The summed E-state index contributed by atoms with van der Waals surface area (Å²) in [6.07, 6.45) is 6.74. The average Bonchev–Trinajstić information content (AvgIpc) is 2.33. The van der Waals surface area contributed by atoms with E-state index in [1.807, 2.05) is 23.9 Å². The highest BCUT2D eigenvalue weighted by atomic mass is 35.5. The Balaban J connectivity index is 2.08. The normalized spacial score (nSPS) is 24.8. The van der Waals surface area contributed by atoms with E-state index in [2.05, 4.69) is 13.0 Å². The van der Waals surface area contributed by atoms with Gasteiger partial charge in [-0.1, -0.05) is 37.8 Å². The number of rotatable bonds is 3. The molecule has 0 spiro atoms. The molecule has 2 unspecified atom stereocenters. The van der Waals surface area contributed by atoms with Crippen molar-refractivity contribution in [2.45, 2.75) is 49.2 Å². The van der Waals surface area contributed by atoms with Crippen molar-refractivity contribution in [3.63, 3.8) is 0 Å². The summed E-state index contributed by atoms with van der Waals surface area (Å²) in [6.45, 7) is 2.30. The Morgan fingerprint density at radius 1 is 1.35 bits per heavy atom. The lowest BCUT2D eigenvalue weighted by Gasteiger charge is -2.30. The first-order valence-electron chi connectivity index (χ1n) is 6.42. The molecule has 3 heteroatoms. The Labute approximate surface area is 113 Å². The van der Waals surface area contributed by atoms with Gasteiger partial charge in [-0.2, -0.15) is 0 Å². The summed E-state index contributed by atoms with van der Waals surface area (Å²) in [5, 5.41) is 1.46. The number of hydrogen-bond donors (Lipinski definition) is 1. The molecule has 2 rings (SSSR count). The molecule has 0 radical (unpaired) electrons. The smallest absolute Gasteiger partial charge is 0.0467 e. The van der Waals surface area contributed by atoms with Crippen LogP contribution in [0.15, 0.2) is 23.1 Å². The van der Waals surface area contributed by atoms with Crippen molar-refractivity contribution < 1.29 is 0 Å². The van der Waals surface area contributed by atoms with Gasteiger partial charge < -0.3 is 5.73 Å². The summed E-state index contributed by atoms with van der Waals surface area (Å²) in [5.74, 6) is 0.851. The van der Waals surface area contributed by atoms with Gasteiger partial charge in [0, 0.05) is 20.9 Å². The fourth-order valence-electron chi connectivity index (χ4n) is 2.59. The quantitative estimate of drug-likeness (QED) is 0.783. The van der Waals surface area contributed by atoms with Crippen molar-refractivity contribution >= 4 is 29.1 Å². The third-order valence-electron chi connectivity index (χ3n) is 3.61. The van der Waals surface area contributed by atoms with Gasteiger partial charge in [-0.25, -0.2) is 0 Å². The van der Waals surface area contributed by atoms with Crippen LogP contribution in [0.25, 0.3) is 0 Å². The summed E-state index contributed by atoms with van der Waals surface area (Å²) >= 11 is 7.88. The number of nitrogen functional groups attached to an aromatic ring is 1. The zero-order chi connectivity index (χ0) is 12.3. The van der Waals surface area contributed by atoms with Gasteiger partial charge in [-0.15, -0.1) is 11.8 Å². The third kappa shape index (κ3) is 3.32. The van der Waals surface area contributed by atoms with Crippen LogP contribution in [0.4, 0.5) is 5.69 Å². The summed E-state index contributed by atoms with van der Waals surface area (Å²) in [6, 6.07) is 5.85. The molecule has 1 aliphatic rings. The topological polar surface area (TPSA) is 26.0 Å². The fourth-order valence-corrected chi connectivity index (χ4v) is 4.24. The molecule has 2 atom stereocenters. The van der Waals surface area contributed by atoms with Crippen LogP contribution in [-0.4, -0.2) is 5.25 Å². The maximum atomic E-state index is 6.02. The molecule has 1 aromatic rings. The van der Waals surface area contributed by atoms with Crippen molar-refractivity contribution in [1.29, 1.82) is 0 Å². The molecule has 1 nitrogen and oxygen atoms in total. The first-order chi connectivity index (χ1) is 8.20. The monoisotopic (exact) mass is 269 g/mol. The van der Waals surface area contributed by atoms with Crippen LogP contribution in [0.1, 0.15) is 39.0 Å². The molecule has 0 saturated heterocycles. The fraction of sp³-hybridized carbons (Fsp3) is 0.571. The molecular formula is C14H20ClNS. The minimum atomic E-state index is 0.725. The standard InChI is InChI=1S/C14H20ClNS/c1-2-10-5-3-4-6-13(10)17-14-8-7-11(15)9-12(14)16/h7-10,13H,2-6,16H2,1H3. The molecule has 1 saturated carbocycles. The van der Waals surface area contributed by atoms with E-state index in [0.717, 1.165) is 21.9 Å². The van der Waals surface area contributed by atoms with E-state index in [1.165, 1.54) is 37.0 Å². The highest BCUT2D eigenvalue weighted by molar-refractivity contribution is 8.00.